The summed E-state index contributed by atoms with van der Waals surface area (Å²) in [5.74, 6) is -0.363. The third-order valence-electron chi connectivity index (χ3n) is 2.14. The fourth-order valence-electron chi connectivity index (χ4n) is 1.16. The van der Waals surface area contributed by atoms with Crippen LogP contribution < -0.4 is 5.32 Å². The molecule has 1 amide bonds. The minimum Gasteiger partial charge on any atom is -0.396 e. The van der Waals surface area contributed by atoms with Crippen LogP contribution >= 0.6 is 27.3 Å². The molecule has 0 saturated carbocycles. The SMILES string of the molecule is CCC(CO)C(=O)NCc1cc(Br)cs1. The number of carbonyl (C=O) groups excluding carboxylic acids is 1. The molecular formula is C10H14BrNO2S. The highest BCUT2D eigenvalue weighted by Gasteiger charge is 2.14. The fourth-order valence-corrected chi connectivity index (χ4v) is 2.55. The largest absolute Gasteiger partial charge is 0.396 e. The van der Waals surface area contributed by atoms with Gasteiger partial charge < -0.3 is 10.4 Å². The minimum atomic E-state index is -0.284. The van der Waals surface area contributed by atoms with E-state index < -0.39 is 0 Å². The zero-order valence-corrected chi connectivity index (χ0v) is 10.9. The molecule has 0 spiro atoms. The summed E-state index contributed by atoms with van der Waals surface area (Å²) in [5.41, 5.74) is 0. The van der Waals surface area contributed by atoms with Crippen molar-refractivity contribution in [2.75, 3.05) is 6.61 Å². The second kappa shape index (κ2) is 6.25. The number of aliphatic hydroxyl groups is 1. The van der Waals surface area contributed by atoms with Crippen molar-refractivity contribution in [3.8, 4) is 0 Å². The molecule has 3 nitrogen and oxygen atoms in total. The monoisotopic (exact) mass is 291 g/mol. The summed E-state index contributed by atoms with van der Waals surface area (Å²) in [5, 5.41) is 13.7. The summed E-state index contributed by atoms with van der Waals surface area (Å²) >= 11 is 4.95. The van der Waals surface area contributed by atoms with E-state index in [-0.39, 0.29) is 18.4 Å². The first kappa shape index (κ1) is 12.7. The second-order valence-corrected chi connectivity index (χ2v) is 5.15. The van der Waals surface area contributed by atoms with E-state index in [9.17, 15) is 4.79 Å². The lowest BCUT2D eigenvalue weighted by Gasteiger charge is -2.11. The second-order valence-electron chi connectivity index (χ2n) is 3.24. The third-order valence-corrected chi connectivity index (χ3v) is 3.84. The maximum Gasteiger partial charge on any atom is 0.225 e. The van der Waals surface area contributed by atoms with Crippen LogP contribution in [0.15, 0.2) is 15.9 Å². The maximum absolute atomic E-state index is 11.5. The normalized spacial score (nSPS) is 12.5. The first-order valence-corrected chi connectivity index (χ1v) is 6.46. The molecule has 0 aliphatic heterocycles. The molecule has 1 aromatic rings. The Bertz CT molecular complexity index is 323. The van der Waals surface area contributed by atoms with Gasteiger partial charge in [0.05, 0.1) is 19.1 Å². The Morgan fingerprint density at radius 3 is 2.93 bits per heavy atom. The third kappa shape index (κ3) is 3.93. The molecule has 1 heterocycles. The molecule has 0 aliphatic carbocycles. The van der Waals surface area contributed by atoms with Gasteiger partial charge in [0.1, 0.15) is 0 Å². The highest BCUT2D eigenvalue weighted by atomic mass is 79.9. The Labute approximate surface area is 102 Å². The van der Waals surface area contributed by atoms with Crippen LogP contribution in [0.1, 0.15) is 18.2 Å². The van der Waals surface area contributed by atoms with E-state index in [1.165, 1.54) is 0 Å². The van der Waals surface area contributed by atoms with Gasteiger partial charge in [0.25, 0.3) is 0 Å². The van der Waals surface area contributed by atoms with Gasteiger partial charge >= 0.3 is 0 Å². The van der Waals surface area contributed by atoms with Gasteiger partial charge in [-0.05, 0) is 28.4 Å². The molecule has 0 bridgehead atoms. The van der Waals surface area contributed by atoms with Crippen LogP contribution in [-0.2, 0) is 11.3 Å². The highest BCUT2D eigenvalue weighted by Crippen LogP contribution is 2.19. The van der Waals surface area contributed by atoms with Crippen LogP contribution in [0, 0.1) is 5.92 Å². The smallest absolute Gasteiger partial charge is 0.225 e. The van der Waals surface area contributed by atoms with E-state index in [1.807, 2.05) is 18.4 Å². The van der Waals surface area contributed by atoms with E-state index in [0.717, 1.165) is 9.35 Å². The van der Waals surface area contributed by atoms with Gasteiger partial charge in [-0.15, -0.1) is 11.3 Å². The molecule has 84 valence electrons. The van der Waals surface area contributed by atoms with Crippen molar-refractivity contribution in [3.63, 3.8) is 0 Å². The van der Waals surface area contributed by atoms with Gasteiger partial charge in [0.2, 0.25) is 5.91 Å². The van der Waals surface area contributed by atoms with Crippen LogP contribution in [0.3, 0.4) is 0 Å². The molecule has 1 aromatic heterocycles. The quantitative estimate of drug-likeness (QED) is 0.873. The predicted octanol–water partition coefficient (Wildman–Crippen LogP) is 2.15. The number of aliphatic hydroxyl groups excluding tert-OH is 1. The van der Waals surface area contributed by atoms with Gasteiger partial charge in [-0.3, -0.25) is 4.79 Å². The van der Waals surface area contributed by atoms with Gasteiger partial charge in [0.15, 0.2) is 0 Å². The lowest BCUT2D eigenvalue weighted by molar-refractivity contribution is -0.126. The van der Waals surface area contributed by atoms with E-state index in [0.29, 0.717) is 13.0 Å². The Morgan fingerprint density at radius 2 is 2.47 bits per heavy atom. The number of hydrogen-bond donors (Lipinski definition) is 2. The van der Waals surface area contributed by atoms with E-state index in [1.54, 1.807) is 11.3 Å². The Balaban J connectivity index is 2.40. The van der Waals surface area contributed by atoms with Crippen molar-refractivity contribution in [2.24, 2.45) is 5.92 Å². The minimum absolute atomic E-state index is 0.0791. The Morgan fingerprint density at radius 1 is 1.73 bits per heavy atom. The Hall–Kier alpha value is -0.390. The molecule has 1 rings (SSSR count). The average Bonchev–Trinajstić information content (AvgIpc) is 2.63. The number of halogens is 1. The molecule has 1 unspecified atom stereocenters. The molecule has 2 N–H and O–H groups in total. The molecular weight excluding hydrogens is 278 g/mol. The number of rotatable bonds is 5. The first-order valence-electron chi connectivity index (χ1n) is 4.78. The topological polar surface area (TPSA) is 49.3 Å². The average molecular weight is 292 g/mol. The maximum atomic E-state index is 11.5. The summed E-state index contributed by atoms with van der Waals surface area (Å²) in [6.07, 6.45) is 0.663. The molecule has 5 heteroatoms. The predicted molar refractivity (Wildman–Crippen MR) is 64.7 cm³/mol. The molecule has 0 fully saturated rings. The highest BCUT2D eigenvalue weighted by molar-refractivity contribution is 9.10. The van der Waals surface area contributed by atoms with Gasteiger partial charge in [-0.25, -0.2) is 0 Å². The zero-order chi connectivity index (χ0) is 11.3. The summed E-state index contributed by atoms with van der Waals surface area (Å²) in [4.78, 5) is 12.6. The summed E-state index contributed by atoms with van der Waals surface area (Å²) < 4.78 is 1.03. The van der Waals surface area contributed by atoms with E-state index in [2.05, 4.69) is 21.2 Å². The van der Waals surface area contributed by atoms with Crippen molar-refractivity contribution >= 4 is 33.2 Å². The first-order chi connectivity index (χ1) is 7.17. The van der Waals surface area contributed by atoms with Gasteiger partial charge in [0, 0.05) is 14.7 Å². The van der Waals surface area contributed by atoms with Crippen LogP contribution in [0.25, 0.3) is 0 Å². The van der Waals surface area contributed by atoms with Crippen LogP contribution in [0.2, 0.25) is 0 Å². The van der Waals surface area contributed by atoms with Crippen molar-refractivity contribution in [1.82, 2.24) is 5.32 Å². The Kier molecular flexibility index (Phi) is 5.28. The van der Waals surface area contributed by atoms with E-state index in [4.69, 9.17) is 5.11 Å². The number of nitrogens with one attached hydrogen (secondary N) is 1. The van der Waals surface area contributed by atoms with Crippen molar-refractivity contribution in [3.05, 3.63) is 20.8 Å². The standard InChI is InChI=1S/C10H14BrNO2S/c1-2-7(5-13)10(14)12-4-9-3-8(11)6-15-9/h3,6-7,13H,2,4-5H2,1H3,(H,12,14). The summed E-state index contributed by atoms with van der Waals surface area (Å²) in [6.45, 7) is 2.34. The van der Waals surface area contributed by atoms with Gasteiger partial charge in [-0.2, -0.15) is 0 Å². The van der Waals surface area contributed by atoms with Crippen molar-refractivity contribution < 1.29 is 9.90 Å². The molecule has 0 aliphatic rings. The van der Waals surface area contributed by atoms with Crippen molar-refractivity contribution in [1.29, 1.82) is 0 Å². The number of amides is 1. The molecule has 15 heavy (non-hydrogen) atoms. The number of hydrogen-bond acceptors (Lipinski definition) is 3. The van der Waals surface area contributed by atoms with Crippen LogP contribution in [0.5, 0.6) is 0 Å². The summed E-state index contributed by atoms with van der Waals surface area (Å²) in [7, 11) is 0. The molecule has 0 saturated heterocycles. The zero-order valence-electron chi connectivity index (χ0n) is 8.50. The van der Waals surface area contributed by atoms with Gasteiger partial charge in [-0.1, -0.05) is 6.92 Å². The number of thiophene rings is 1. The van der Waals surface area contributed by atoms with E-state index >= 15 is 0 Å². The molecule has 0 aromatic carbocycles. The lowest BCUT2D eigenvalue weighted by atomic mass is 10.1. The van der Waals surface area contributed by atoms with Crippen LogP contribution in [0.4, 0.5) is 0 Å². The molecule has 1 atom stereocenters. The lowest BCUT2D eigenvalue weighted by Crippen LogP contribution is -2.31. The summed E-state index contributed by atoms with van der Waals surface area (Å²) in [6, 6.07) is 1.98. The fraction of sp³-hybridized carbons (Fsp3) is 0.500. The molecule has 0 radical (unpaired) electrons. The van der Waals surface area contributed by atoms with Crippen molar-refractivity contribution in [2.45, 2.75) is 19.9 Å². The number of carbonyl (C=O) groups is 1. The van der Waals surface area contributed by atoms with Crippen LogP contribution in [-0.4, -0.2) is 17.6 Å².